The summed E-state index contributed by atoms with van der Waals surface area (Å²) in [6.07, 6.45) is 2.96. The molecule has 0 aromatic carbocycles. The molecule has 0 unspecified atom stereocenters. The molecule has 6 nitrogen and oxygen atoms in total. The van der Waals surface area contributed by atoms with Crippen molar-refractivity contribution < 1.29 is 14.3 Å². The number of aryl methyl sites for hydroxylation is 1. The van der Waals surface area contributed by atoms with Crippen molar-refractivity contribution in [2.24, 2.45) is 0 Å². The van der Waals surface area contributed by atoms with Gasteiger partial charge in [0.2, 0.25) is 0 Å². The molecule has 0 spiro atoms. The third kappa shape index (κ3) is 4.54. The molecule has 0 saturated carbocycles. The van der Waals surface area contributed by atoms with Gasteiger partial charge in [-0.25, -0.2) is 14.8 Å². The number of pyridine rings is 2. The number of aromatic nitrogens is 2. The van der Waals surface area contributed by atoms with E-state index in [9.17, 15) is 9.59 Å². The van der Waals surface area contributed by atoms with Crippen LogP contribution < -0.4 is 5.32 Å². The number of esters is 1. The lowest BCUT2D eigenvalue weighted by Gasteiger charge is -2.06. The molecule has 0 aliphatic carbocycles. The minimum absolute atomic E-state index is 0.179. The SMILES string of the molecule is Cc1ccnc(NC(=O)COC(=O)c2ccnc(Cl)c2)c1. The van der Waals surface area contributed by atoms with Gasteiger partial charge in [0.25, 0.3) is 5.91 Å². The quantitative estimate of drug-likeness (QED) is 0.692. The minimum Gasteiger partial charge on any atom is -0.452 e. The molecular formula is C14H12ClN3O3. The summed E-state index contributed by atoms with van der Waals surface area (Å²) in [5, 5.41) is 2.71. The Morgan fingerprint density at radius 2 is 2.00 bits per heavy atom. The predicted molar refractivity (Wildman–Crippen MR) is 77.1 cm³/mol. The third-order valence-electron chi connectivity index (χ3n) is 2.48. The number of amides is 1. The number of halogens is 1. The van der Waals surface area contributed by atoms with E-state index in [0.717, 1.165) is 5.56 Å². The monoisotopic (exact) mass is 305 g/mol. The molecule has 1 amide bonds. The minimum atomic E-state index is -0.647. The van der Waals surface area contributed by atoms with Gasteiger partial charge in [-0.3, -0.25) is 4.79 Å². The van der Waals surface area contributed by atoms with Gasteiger partial charge in [-0.05, 0) is 36.8 Å². The van der Waals surface area contributed by atoms with Crippen molar-refractivity contribution in [3.8, 4) is 0 Å². The fraction of sp³-hybridized carbons (Fsp3) is 0.143. The van der Waals surface area contributed by atoms with E-state index in [4.69, 9.17) is 16.3 Å². The van der Waals surface area contributed by atoms with E-state index in [0.29, 0.717) is 5.82 Å². The maximum Gasteiger partial charge on any atom is 0.338 e. The van der Waals surface area contributed by atoms with Gasteiger partial charge in [0.15, 0.2) is 6.61 Å². The van der Waals surface area contributed by atoms with Gasteiger partial charge >= 0.3 is 5.97 Å². The van der Waals surface area contributed by atoms with Crippen molar-refractivity contribution in [1.82, 2.24) is 9.97 Å². The summed E-state index contributed by atoms with van der Waals surface area (Å²) in [7, 11) is 0. The molecule has 21 heavy (non-hydrogen) atoms. The second kappa shape index (κ2) is 6.81. The summed E-state index contributed by atoms with van der Waals surface area (Å²) >= 11 is 5.67. The van der Waals surface area contributed by atoms with Crippen LogP contribution in [0, 0.1) is 6.92 Å². The predicted octanol–water partition coefficient (Wildman–Crippen LogP) is 2.23. The molecule has 0 atom stereocenters. The van der Waals surface area contributed by atoms with E-state index < -0.39 is 18.5 Å². The lowest BCUT2D eigenvalue weighted by Crippen LogP contribution is -2.21. The Balaban J connectivity index is 1.88. The van der Waals surface area contributed by atoms with E-state index in [1.165, 1.54) is 18.3 Å². The molecule has 2 aromatic heterocycles. The van der Waals surface area contributed by atoms with Crippen LogP contribution in [0.5, 0.6) is 0 Å². The maximum atomic E-state index is 11.7. The second-order valence-corrected chi connectivity index (χ2v) is 4.60. The van der Waals surface area contributed by atoms with Gasteiger partial charge < -0.3 is 10.1 Å². The van der Waals surface area contributed by atoms with Crippen LogP contribution >= 0.6 is 11.6 Å². The number of rotatable bonds is 4. The van der Waals surface area contributed by atoms with Crippen molar-refractivity contribution in [2.75, 3.05) is 11.9 Å². The molecule has 0 aliphatic heterocycles. The van der Waals surface area contributed by atoms with Gasteiger partial charge in [-0.15, -0.1) is 0 Å². The first-order chi connectivity index (χ1) is 10.0. The summed E-state index contributed by atoms with van der Waals surface area (Å²) in [5.41, 5.74) is 1.19. The van der Waals surface area contributed by atoms with Crippen molar-refractivity contribution >= 4 is 29.3 Å². The fourth-order valence-corrected chi connectivity index (χ4v) is 1.70. The van der Waals surface area contributed by atoms with Crippen LogP contribution in [-0.2, 0) is 9.53 Å². The molecule has 2 aromatic rings. The van der Waals surface area contributed by atoms with E-state index >= 15 is 0 Å². The standard InChI is InChI=1S/C14H12ClN3O3/c1-9-2-4-17-12(6-9)18-13(19)8-21-14(20)10-3-5-16-11(15)7-10/h2-7H,8H2,1H3,(H,17,18,19). The van der Waals surface area contributed by atoms with Crippen molar-refractivity contribution in [3.63, 3.8) is 0 Å². The van der Waals surface area contributed by atoms with E-state index in [2.05, 4.69) is 15.3 Å². The number of ether oxygens (including phenoxy) is 1. The molecule has 1 N–H and O–H groups in total. The Morgan fingerprint density at radius 1 is 1.24 bits per heavy atom. The molecule has 0 bridgehead atoms. The molecular weight excluding hydrogens is 294 g/mol. The normalized spacial score (nSPS) is 10.0. The topological polar surface area (TPSA) is 81.2 Å². The van der Waals surface area contributed by atoms with Gasteiger partial charge in [-0.2, -0.15) is 0 Å². The number of carbonyl (C=O) groups excluding carboxylic acids is 2. The molecule has 7 heteroatoms. The maximum absolute atomic E-state index is 11.7. The van der Waals surface area contributed by atoms with Gasteiger partial charge in [-0.1, -0.05) is 11.6 Å². The summed E-state index contributed by atoms with van der Waals surface area (Å²) in [4.78, 5) is 31.1. The summed E-state index contributed by atoms with van der Waals surface area (Å²) in [6.45, 7) is 1.47. The first-order valence-corrected chi connectivity index (χ1v) is 6.43. The average Bonchev–Trinajstić information content (AvgIpc) is 2.45. The number of anilines is 1. The van der Waals surface area contributed by atoms with Crippen LogP contribution in [-0.4, -0.2) is 28.5 Å². The first kappa shape index (κ1) is 14.9. The molecule has 0 fully saturated rings. The largest absolute Gasteiger partial charge is 0.452 e. The van der Waals surface area contributed by atoms with Crippen molar-refractivity contribution in [2.45, 2.75) is 6.92 Å². The number of carbonyl (C=O) groups is 2. The van der Waals surface area contributed by atoms with E-state index in [-0.39, 0.29) is 10.7 Å². The van der Waals surface area contributed by atoms with Crippen LogP contribution in [0.15, 0.2) is 36.7 Å². The van der Waals surface area contributed by atoms with E-state index in [1.54, 1.807) is 12.3 Å². The van der Waals surface area contributed by atoms with Crippen LogP contribution in [0.2, 0.25) is 5.15 Å². The van der Waals surface area contributed by atoms with Gasteiger partial charge in [0.05, 0.1) is 5.56 Å². The lowest BCUT2D eigenvalue weighted by atomic mass is 10.3. The van der Waals surface area contributed by atoms with Crippen LogP contribution in [0.3, 0.4) is 0 Å². The van der Waals surface area contributed by atoms with Crippen molar-refractivity contribution in [3.05, 3.63) is 52.9 Å². The number of hydrogen-bond donors (Lipinski definition) is 1. The smallest absolute Gasteiger partial charge is 0.338 e. The summed E-state index contributed by atoms with van der Waals surface area (Å²) < 4.78 is 4.88. The first-order valence-electron chi connectivity index (χ1n) is 6.06. The molecule has 108 valence electrons. The lowest BCUT2D eigenvalue weighted by molar-refractivity contribution is -0.119. The highest BCUT2D eigenvalue weighted by molar-refractivity contribution is 6.29. The highest BCUT2D eigenvalue weighted by atomic mass is 35.5. The number of nitrogens with zero attached hydrogens (tertiary/aromatic N) is 2. The molecule has 2 heterocycles. The van der Waals surface area contributed by atoms with Gasteiger partial charge in [0.1, 0.15) is 11.0 Å². The third-order valence-corrected chi connectivity index (χ3v) is 2.69. The van der Waals surface area contributed by atoms with Crippen molar-refractivity contribution in [1.29, 1.82) is 0 Å². The molecule has 0 radical (unpaired) electrons. The highest BCUT2D eigenvalue weighted by Gasteiger charge is 2.11. The summed E-state index contributed by atoms with van der Waals surface area (Å²) in [5.74, 6) is -0.712. The van der Waals surface area contributed by atoms with Gasteiger partial charge in [0, 0.05) is 12.4 Å². The fourth-order valence-electron chi connectivity index (χ4n) is 1.53. The Labute approximate surface area is 126 Å². The Hall–Kier alpha value is -2.47. The average molecular weight is 306 g/mol. The second-order valence-electron chi connectivity index (χ2n) is 4.21. The van der Waals surface area contributed by atoms with Crippen LogP contribution in [0.4, 0.5) is 5.82 Å². The number of nitrogens with one attached hydrogen (secondary N) is 1. The highest BCUT2D eigenvalue weighted by Crippen LogP contribution is 2.09. The Morgan fingerprint density at radius 3 is 2.71 bits per heavy atom. The molecule has 0 aliphatic rings. The van der Waals surface area contributed by atoms with E-state index in [1.807, 2.05) is 13.0 Å². The molecule has 0 saturated heterocycles. The Kier molecular flexibility index (Phi) is 4.84. The zero-order valence-corrected chi connectivity index (χ0v) is 11.9. The number of hydrogen-bond acceptors (Lipinski definition) is 5. The molecule has 2 rings (SSSR count). The van der Waals surface area contributed by atoms with Crippen LogP contribution in [0.1, 0.15) is 15.9 Å². The zero-order valence-electron chi connectivity index (χ0n) is 11.2. The zero-order chi connectivity index (χ0) is 15.2. The summed E-state index contributed by atoms with van der Waals surface area (Å²) in [6, 6.07) is 6.34. The Bertz CT molecular complexity index is 676. The van der Waals surface area contributed by atoms with Crippen LogP contribution in [0.25, 0.3) is 0 Å².